The highest BCUT2D eigenvalue weighted by Gasteiger charge is 2.68. The van der Waals surface area contributed by atoms with Gasteiger partial charge in [0.1, 0.15) is 5.65 Å². The molecule has 2 bridgehead atoms. The average molecular weight is 486 g/mol. The van der Waals surface area contributed by atoms with Crippen LogP contribution in [0.5, 0.6) is 0 Å². The Kier molecular flexibility index (Phi) is 5.41. The molecule has 0 radical (unpaired) electrons. The van der Waals surface area contributed by atoms with Crippen molar-refractivity contribution < 1.29 is 27.5 Å². The number of aryl methyl sites for hydroxylation is 1. The van der Waals surface area contributed by atoms with Crippen LogP contribution in [-0.2, 0) is 28.7 Å². The highest BCUT2D eigenvalue weighted by molar-refractivity contribution is 6.08. The van der Waals surface area contributed by atoms with Crippen molar-refractivity contribution in [3.8, 4) is 0 Å². The molecule has 3 aliphatic rings. The first-order chi connectivity index (χ1) is 16.6. The third-order valence-corrected chi connectivity index (χ3v) is 7.37. The Morgan fingerprint density at radius 3 is 2.43 bits per heavy atom. The first kappa shape index (κ1) is 23.4. The van der Waals surface area contributed by atoms with Gasteiger partial charge >= 0.3 is 12.1 Å². The third kappa shape index (κ3) is 4.06. The minimum atomic E-state index is -4.39. The van der Waals surface area contributed by atoms with Crippen LogP contribution < -0.4 is 5.32 Å². The summed E-state index contributed by atoms with van der Waals surface area (Å²) < 4.78 is 45.5. The molecule has 3 aliphatic carbocycles. The quantitative estimate of drug-likeness (QED) is 0.484. The van der Waals surface area contributed by atoms with Crippen LogP contribution in [0.4, 0.5) is 13.2 Å². The van der Waals surface area contributed by atoms with Gasteiger partial charge in [-0.2, -0.15) is 13.2 Å². The van der Waals surface area contributed by atoms with Crippen LogP contribution >= 0.6 is 0 Å². The molecule has 1 N–H and O–H groups in total. The van der Waals surface area contributed by atoms with E-state index >= 15 is 0 Å². The van der Waals surface area contributed by atoms with Gasteiger partial charge in [-0.25, -0.2) is 4.98 Å². The van der Waals surface area contributed by atoms with E-state index in [1.165, 1.54) is 19.2 Å². The van der Waals surface area contributed by atoms with Gasteiger partial charge in [0.05, 0.1) is 24.7 Å². The Labute approximate surface area is 200 Å². The molecule has 0 atom stereocenters. The summed E-state index contributed by atoms with van der Waals surface area (Å²) in [6.45, 7) is 2.58. The predicted octanol–water partition coefficient (Wildman–Crippen LogP) is 4.88. The van der Waals surface area contributed by atoms with E-state index < -0.39 is 11.7 Å². The predicted molar refractivity (Wildman–Crippen MR) is 123 cm³/mol. The number of halogens is 3. The third-order valence-electron chi connectivity index (χ3n) is 7.37. The molecular formula is C26H26F3N3O3. The number of ether oxygens (including phenoxy) is 1. The second-order valence-electron chi connectivity index (χ2n) is 9.89. The minimum Gasteiger partial charge on any atom is -0.469 e. The van der Waals surface area contributed by atoms with Crippen LogP contribution in [0, 0.1) is 5.41 Å². The highest BCUT2D eigenvalue weighted by atomic mass is 19.4. The number of hydrogen-bond acceptors (Lipinski definition) is 4. The van der Waals surface area contributed by atoms with Crippen LogP contribution in [0.15, 0.2) is 42.7 Å². The van der Waals surface area contributed by atoms with E-state index in [4.69, 9.17) is 4.74 Å². The summed E-state index contributed by atoms with van der Waals surface area (Å²) in [5, 5.41) is 3.89. The first-order valence-corrected chi connectivity index (χ1v) is 11.6. The second kappa shape index (κ2) is 8.10. The lowest BCUT2D eigenvalue weighted by molar-refractivity contribution is -0.175. The molecule has 2 aromatic heterocycles. The summed E-state index contributed by atoms with van der Waals surface area (Å²) in [5.74, 6) is -0.426. The molecular weight excluding hydrogens is 459 g/mol. The maximum atomic E-state index is 13.4. The molecule has 0 spiro atoms. The largest absolute Gasteiger partial charge is 0.469 e. The van der Waals surface area contributed by atoms with Crippen LogP contribution in [0.3, 0.4) is 0 Å². The molecule has 3 saturated carbocycles. The number of fused-ring (bicyclic) bond motifs is 1. The number of pyridine rings is 1. The number of esters is 1. The summed E-state index contributed by atoms with van der Waals surface area (Å²) in [4.78, 5) is 29.5. The second-order valence-corrected chi connectivity index (χ2v) is 9.89. The Morgan fingerprint density at radius 1 is 1.14 bits per heavy atom. The maximum Gasteiger partial charge on any atom is 0.416 e. The van der Waals surface area contributed by atoms with Crippen molar-refractivity contribution in [3.05, 3.63) is 65.0 Å². The summed E-state index contributed by atoms with van der Waals surface area (Å²) in [6, 6.07) is 6.89. The maximum absolute atomic E-state index is 13.4. The molecule has 184 valence electrons. The molecule has 3 aromatic rings. The number of alkyl halides is 3. The topological polar surface area (TPSA) is 73.2 Å². The number of nitrogens with zero attached hydrogens (tertiary/aromatic N) is 2. The Hall–Kier alpha value is -3.36. The SMILES string of the molecule is CCn1cc(C(=O)NC23CC(CC(=O)OC)(C2)C3)c2c(Cc3ccc(C(F)(F)F)cc3)ccnc21. The molecule has 6 nitrogen and oxygen atoms in total. The summed E-state index contributed by atoms with van der Waals surface area (Å²) in [5.41, 5.74) is 1.67. The van der Waals surface area contributed by atoms with Gasteiger partial charge in [0.25, 0.3) is 5.91 Å². The van der Waals surface area contributed by atoms with Gasteiger partial charge in [0, 0.05) is 29.9 Å². The van der Waals surface area contributed by atoms with Gasteiger partial charge in [0.2, 0.25) is 0 Å². The molecule has 6 rings (SSSR count). The standard InChI is InChI=1S/C26H26F3N3O3/c1-3-32-12-19(23(34)31-25-13-24(14-25,15-25)11-20(33)35-2)21-17(8-9-30-22(21)32)10-16-4-6-18(7-5-16)26(27,28)29/h4-9,12H,3,10-11,13-15H2,1-2H3,(H,31,34). The number of rotatable bonds is 7. The fraction of sp³-hybridized carbons (Fsp3) is 0.423. The average Bonchev–Trinajstić information content (AvgIpc) is 3.16. The molecule has 2 heterocycles. The van der Waals surface area contributed by atoms with Gasteiger partial charge in [-0.3, -0.25) is 9.59 Å². The summed E-state index contributed by atoms with van der Waals surface area (Å²) in [6.07, 6.45) is 2.07. The number of benzene rings is 1. The highest BCUT2D eigenvalue weighted by Crippen LogP contribution is 2.69. The first-order valence-electron chi connectivity index (χ1n) is 11.6. The lowest BCUT2D eigenvalue weighted by atomic mass is 9.38. The fourth-order valence-corrected chi connectivity index (χ4v) is 5.88. The van der Waals surface area contributed by atoms with Crippen LogP contribution in [0.25, 0.3) is 11.0 Å². The Balaban J connectivity index is 1.40. The molecule has 9 heteroatoms. The Morgan fingerprint density at radius 2 is 1.83 bits per heavy atom. The fourth-order valence-electron chi connectivity index (χ4n) is 5.88. The van der Waals surface area contributed by atoms with Crippen molar-refractivity contribution in [2.45, 2.75) is 57.3 Å². The molecule has 35 heavy (non-hydrogen) atoms. The molecule has 0 unspecified atom stereocenters. The van der Waals surface area contributed by atoms with Gasteiger partial charge in [-0.15, -0.1) is 0 Å². The molecule has 1 amide bonds. The van der Waals surface area contributed by atoms with Gasteiger partial charge < -0.3 is 14.6 Å². The van der Waals surface area contributed by atoms with E-state index in [-0.39, 0.29) is 22.8 Å². The number of methoxy groups -OCH3 is 1. The number of aromatic nitrogens is 2. The Bertz CT molecular complexity index is 1290. The lowest BCUT2D eigenvalue weighted by Gasteiger charge is -2.70. The van der Waals surface area contributed by atoms with E-state index in [9.17, 15) is 22.8 Å². The van der Waals surface area contributed by atoms with Crippen LogP contribution in [0.2, 0.25) is 0 Å². The number of carbonyl (C=O) groups is 2. The summed E-state index contributed by atoms with van der Waals surface area (Å²) >= 11 is 0. The van der Waals surface area contributed by atoms with Crippen molar-refractivity contribution >= 4 is 22.9 Å². The van der Waals surface area contributed by atoms with Crippen LogP contribution in [0.1, 0.15) is 59.7 Å². The van der Waals surface area contributed by atoms with E-state index in [1.807, 2.05) is 17.6 Å². The van der Waals surface area contributed by atoms with Crippen molar-refractivity contribution in [2.24, 2.45) is 5.41 Å². The van der Waals surface area contributed by atoms with Crippen molar-refractivity contribution in [1.29, 1.82) is 0 Å². The lowest BCUT2D eigenvalue weighted by Crippen LogP contribution is -2.75. The van der Waals surface area contributed by atoms with Crippen molar-refractivity contribution in [3.63, 3.8) is 0 Å². The van der Waals surface area contributed by atoms with Gasteiger partial charge in [-0.1, -0.05) is 12.1 Å². The molecule has 0 aliphatic heterocycles. The van der Waals surface area contributed by atoms with Gasteiger partial charge in [-0.05, 0) is 67.3 Å². The minimum absolute atomic E-state index is 0.0624. The van der Waals surface area contributed by atoms with E-state index in [2.05, 4.69) is 10.3 Å². The normalized spacial score (nSPS) is 22.9. The van der Waals surface area contributed by atoms with E-state index in [0.717, 1.165) is 37.0 Å². The molecule has 1 aromatic carbocycles. The zero-order valence-corrected chi connectivity index (χ0v) is 19.5. The number of amides is 1. The monoisotopic (exact) mass is 485 g/mol. The van der Waals surface area contributed by atoms with E-state index in [1.54, 1.807) is 12.4 Å². The van der Waals surface area contributed by atoms with Gasteiger partial charge in [0.15, 0.2) is 0 Å². The van der Waals surface area contributed by atoms with Crippen LogP contribution in [-0.4, -0.2) is 34.1 Å². The van der Waals surface area contributed by atoms with E-state index in [0.29, 0.717) is 41.5 Å². The smallest absolute Gasteiger partial charge is 0.416 e. The zero-order valence-electron chi connectivity index (χ0n) is 19.5. The number of hydrogen-bond donors (Lipinski definition) is 1. The summed E-state index contributed by atoms with van der Waals surface area (Å²) in [7, 11) is 1.38. The molecule has 3 fully saturated rings. The van der Waals surface area contributed by atoms with Crippen molar-refractivity contribution in [2.75, 3.05) is 7.11 Å². The number of nitrogens with one attached hydrogen (secondary N) is 1. The zero-order chi connectivity index (χ0) is 25.0. The number of carbonyl (C=O) groups excluding carboxylic acids is 2. The molecule has 0 saturated heterocycles. The van der Waals surface area contributed by atoms with Crippen molar-refractivity contribution in [1.82, 2.24) is 14.9 Å².